The number of carbonyl (C=O) groups excluding carboxylic acids is 1. The molecule has 0 aromatic carbocycles. The summed E-state index contributed by atoms with van der Waals surface area (Å²) in [7, 11) is 0. The van der Waals surface area contributed by atoms with E-state index in [0.717, 1.165) is 12.0 Å². The van der Waals surface area contributed by atoms with Gasteiger partial charge in [0, 0.05) is 25.0 Å². The van der Waals surface area contributed by atoms with Crippen LogP contribution in [0.5, 0.6) is 0 Å². The van der Waals surface area contributed by atoms with Gasteiger partial charge in [-0.2, -0.15) is 13.2 Å². The number of nitrogens with zero attached hydrogens (tertiary/aromatic N) is 2. The van der Waals surface area contributed by atoms with Crippen LogP contribution in [-0.4, -0.2) is 39.8 Å². The molecule has 0 aliphatic rings. The summed E-state index contributed by atoms with van der Waals surface area (Å²) in [6, 6.07) is 8.87. The zero-order chi connectivity index (χ0) is 20.6. The summed E-state index contributed by atoms with van der Waals surface area (Å²) >= 11 is 0. The van der Waals surface area contributed by atoms with Crippen molar-refractivity contribution in [2.75, 3.05) is 6.54 Å². The lowest BCUT2D eigenvalue weighted by Crippen LogP contribution is -2.25. The summed E-state index contributed by atoms with van der Waals surface area (Å²) in [6.07, 6.45) is 0.637. The van der Waals surface area contributed by atoms with Crippen molar-refractivity contribution in [2.24, 2.45) is 0 Å². The SMILES string of the molecule is O=C(NCCc1ccncc1)c1cc(-c2ccco2)on1.O=C(O)C(F)(F)F. The van der Waals surface area contributed by atoms with E-state index in [1.165, 1.54) is 6.26 Å². The number of nitrogens with one attached hydrogen (secondary N) is 1. The number of carbonyl (C=O) groups is 2. The van der Waals surface area contributed by atoms with E-state index in [1.54, 1.807) is 30.6 Å². The van der Waals surface area contributed by atoms with Crippen molar-refractivity contribution in [1.82, 2.24) is 15.5 Å². The number of aliphatic carboxylic acids is 1. The quantitative estimate of drug-likeness (QED) is 0.679. The van der Waals surface area contributed by atoms with Gasteiger partial charge in [-0.25, -0.2) is 4.79 Å². The summed E-state index contributed by atoms with van der Waals surface area (Å²) < 4.78 is 42.0. The van der Waals surface area contributed by atoms with Crippen molar-refractivity contribution in [3.8, 4) is 11.5 Å². The molecule has 0 saturated heterocycles. The fourth-order valence-corrected chi connectivity index (χ4v) is 1.88. The first-order valence-corrected chi connectivity index (χ1v) is 7.75. The van der Waals surface area contributed by atoms with Gasteiger partial charge in [-0.1, -0.05) is 5.16 Å². The maximum Gasteiger partial charge on any atom is 0.490 e. The Balaban J connectivity index is 0.000000345. The second-order valence-electron chi connectivity index (χ2n) is 5.22. The molecule has 8 nitrogen and oxygen atoms in total. The smallest absolute Gasteiger partial charge is 0.475 e. The zero-order valence-corrected chi connectivity index (χ0v) is 14.1. The molecule has 3 aromatic heterocycles. The molecule has 0 unspecified atom stereocenters. The van der Waals surface area contributed by atoms with Crippen LogP contribution in [0.1, 0.15) is 16.1 Å². The van der Waals surface area contributed by atoms with Crippen molar-refractivity contribution in [1.29, 1.82) is 0 Å². The number of halogens is 3. The molecule has 3 heterocycles. The Morgan fingerprint density at radius 2 is 1.82 bits per heavy atom. The number of rotatable bonds is 5. The number of amides is 1. The van der Waals surface area contributed by atoms with Crippen LogP contribution in [0.4, 0.5) is 13.2 Å². The van der Waals surface area contributed by atoms with Crippen molar-refractivity contribution in [3.63, 3.8) is 0 Å². The van der Waals surface area contributed by atoms with Gasteiger partial charge in [-0.3, -0.25) is 9.78 Å². The van der Waals surface area contributed by atoms with Crippen LogP contribution < -0.4 is 5.32 Å². The molecule has 3 rings (SSSR count). The van der Waals surface area contributed by atoms with Gasteiger partial charge in [-0.15, -0.1) is 0 Å². The lowest BCUT2D eigenvalue weighted by molar-refractivity contribution is -0.192. The Bertz CT molecular complexity index is 892. The highest BCUT2D eigenvalue weighted by atomic mass is 19.4. The van der Waals surface area contributed by atoms with E-state index in [9.17, 15) is 18.0 Å². The molecule has 2 N–H and O–H groups in total. The highest BCUT2D eigenvalue weighted by Gasteiger charge is 2.38. The number of pyridine rings is 1. The second-order valence-corrected chi connectivity index (χ2v) is 5.22. The fourth-order valence-electron chi connectivity index (χ4n) is 1.88. The third kappa shape index (κ3) is 6.27. The van der Waals surface area contributed by atoms with Gasteiger partial charge in [0.1, 0.15) is 0 Å². The number of furan rings is 1. The van der Waals surface area contributed by atoms with Crippen molar-refractivity contribution >= 4 is 11.9 Å². The van der Waals surface area contributed by atoms with E-state index in [2.05, 4.69) is 15.5 Å². The molecular formula is C17H14F3N3O5. The molecule has 0 aliphatic carbocycles. The van der Waals surface area contributed by atoms with Gasteiger partial charge in [0.25, 0.3) is 5.91 Å². The van der Waals surface area contributed by atoms with E-state index < -0.39 is 12.1 Å². The normalized spacial score (nSPS) is 10.7. The van der Waals surface area contributed by atoms with Crippen LogP contribution in [-0.2, 0) is 11.2 Å². The fraction of sp³-hybridized carbons (Fsp3) is 0.176. The van der Waals surface area contributed by atoms with Crippen LogP contribution in [0.25, 0.3) is 11.5 Å². The predicted octanol–water partition coefficient (Wildman–Crippen LogP) is 2.94. The summed E-state index contributed by atoms with van der Waals surface area (Å²) in [5.74, 6) is -2.06. The van der Waals surface area contributed by atoms with Crippen LogP contribution in [0.15, 0.2) is 57.9 Å². The second kappa shape index (κ2) is 9.35. The highest BCUT2D eigenvalue weighted by Crippen LogP contribution is 2.20. The molecular weight excluding hydrogens is 383 g/mol. The molecule has 3 aromatic rings. The first kappa shape index (κ1) is 20.7. The Hall–Kier alpha value is -3.63. The van der Waals surface area contributed by atoms with Crippen molar-refractivity contribution < 1.29 is 36.8 Å². The monoisotopic (exact) mass is 397 g/mol. The molecule has 0 bridgehead atoms. The van der Waals surface area contributed by atoms with Gasteiger partial charge >= 0.3 is 12.1 Å². The van der Waals surface area contributed by atoms with E-state index in [0.29, 0.717) is 18.1 Å². The predicted molar refractivity (Wildman–Crippen MR) is 88.2 cm³/mol. The minimum absolute atomic E-state index is 0.233. The van der Waals surface area contributed by atoms with Crippen LogP contribution in [0.3, 0.4) is 0 Å². The topological polar surface area (TPSA) is 118 Å². The molecule has 148 valence electrons. The summed E-state index contributed by atoms with van der Waals surface area (Å²) in [6.45, 7) is 0.520. The molecule has 28 heavy (non-hydrogen) atoms. The Kier molecular flexibility index (Phi) is 6.90. The standard InChI is InChI=1S/C15H13N3O3.C2HF3O2/c19-15(17-8-5-11-3-6-16-7-4-11)12-10-14(21-18-12)13-2-1-9-20-13;3-2(4,5)1(6)7/h1-4,6-7,9-10H,5,8H2,(H,17,19);(H,6,7). The zero-order valence-electron chi connectivity index (χ0n) is 14.1. The highest BCUT2D eigenvalue weighted by molar-refractivity contribution is 5.92. The van der Waals surface area contributed by atoms with Crippen molar-refractivity contribution in [3.05, 3.63) is 60.2 Å². The van der Waals surface area contributed by atoms with Crippen molar-refractivity contribution in [2.45, 2.75) is 12.6 Å². The number of carboxylic acid groups (broad SMARTS) is 1. The molecule has 0 spiro atoms. The maximum atomic E-state index is 11.9. The molecule has 11 heteroatoms. The lowest BCUT2D eigenvalue weighted by Gasteiger charge is -2.02. The third-order valence-electron chi connectivity index (χ3n) is 3.20. The largest absolute Gasteiger partial charge is 0.490 e. The molecule has 0 saturated carbocycles. The number of carboxylic acids is 1. The molecule has 0 radical (unpaired) electrons. The van der Waals surface area contributed by atoms with E-state index in [1.807, 2.05) is 12.1 Å². The average Bonchev–Trinajstić information content (AvgIpc) is 3.34. The van der Waals surface area contributed by atoms with E-state index in [4.69, 9.17) is 18.8 Å². The number of alkyl halides is 3. The molecule has 0 atom stereocenters. The minimum Gasteiger partial charge on any atom is -0.475 e. The first-order chi connectivity index (χ1) is 13.3. The minimum atomic E-state index is -5.08. The van der Waals surface area contributed by atoms with E-state index in [-0.39, 0.29) is 11.6 Å². The number of hydrogen-bond donors (Lipinski definition) is 2. The number of aromatic nitrogens is 2. The van der Waals surface area contributed by atoms with Gasteiger partial charge in [0.2, 0.25) is 5.76 Å². The molecule has 1 amide bonds. The first-order valence-electron chi connectivity index (χ1n) is 7.75. The third-order valence-corrected chi connectivity index (χ3v) is 3.20. The van der Waals surface area contributed by atoms with E-state index >= 15 is 0 Å². The van der Waals surface area contributed by atoms with Gasteiger partial charge in [-0.05, 0) is 36.2 Å². The Morgan fingerprint density at radius 1 is 1.14 bits per heavy atom. The Morgan fingerprint density at radius 3 is 2.39 bits per heavy atom. The molecule has 0 aliphatic heterocycles. The summed E-state index contributed by atoms with van der Waals surface area (Å²) in [4.78, 5) is 24.8. The maximum absolute atomic E-state index is 11.9. The average molecular weight is 397 g/mol. The summed E-state index contributed by atoms with van der Waals surface area (Å²) in [5.41, 5.74) is 1.35. The lowest BCUT2D eigenvalue weighted by atomic mass is 10.2. The van der Waals surface area contributed by atoms with Gasteiger partial charge in [0.05, 0.1) is 6.26 Å². The van der Waals surface area contributed by atoms with Gasteiger partial charge < -0.3 is 19.4 Å². The van der Waals surface area contributed by atoms with Gasteiger partial charge in [0.15, 0.2) is 11.5 Å². The van der Waals surface area contributed by atoms with Crippen LogP contribution in [0, 0.1) is 0 Å². The Labute approximate surface area is 156 Å². The summed E-state index contributed by atoms with van der Waals surface area (Å²) in [5, 5.41) is 13.7. The number of hydrogen-bond acceptors (Lipinski definition) is 6. The van der Waals surface area contributed by atoms with Crippen LogP contribution in [0.2, 0.25) is 0 Å². The van der Waals surface area contributed by atoms with Crippen LogP contribution >= 0.6 is 0 Å². The molecule has 0 fully saturated rings.